The Morgan fingerprint density at radius 3 is 2.95 bits per heavy atom. The van der Waals surface area contributed by atoms with Crippen LogP contribution in [-0.2, 0) is 9.47 Å². The number of nitro groups is 1. The fourth-order valence-corrected chi connectivity index (χ4v) is 1.98. The molecule has 0 bridgehead atoms. The lowest BCUT2D eigenvalue weighted by Gasteiger charge is -2.26. The van der Waals surface area contributed by atoms with E-state index in [1.54, 1.807) is 7.11 Å². The molecule has 6 nitrogen and oxygen atoms in total. The molecule has 0 aliphatic carbocycles. The van der Waals surface area contributed by atoms with Crippen molar-refractivity contribution in [3.05, 3.63) is 34.1 Å². The van der Waals surface area contributed by atoms with Crippen molar-refractivity contribution in [1.29, 1.82) is 0 Å². The molecule has 7 heteroatoms. The van der Waals surface area contributed by atoms with Crippen LogP contribution in [0.5, 0.6) is 0 Å². The summed E-state index contributed by atoms with van der Waals surface area (Å²) in [4.78, 5) is 9.88. The maximum atomic E-state index is 13.7. The van der Waals surface area contributed by atoms with E-state index >= 15 is 0 Å². The SMILES string of the molecule is COC1(CNc2ccc([N+](=O)[O-])cc2F)CCOC1. The highest BCUT2D eigenvalue weighted by Crippen LogP contribution is 2.25. The third-order valence-electron chi connectivity index (χ3n) is 3.26. The molecule has 1 aromatic rings. The molecule has 0 radical (unpaired) electrons. The lowest BCUT2D eigenvalue weighted by Crippen LogP contribution is -2.39. The van der Waals surface area contributed by atoms with E-state index in [4.69, 9.17) is 9.47 Å². The highest BCUT2D eigenvalue weighted by molar-refractivity contribution is 5.50. The van der Waals surface area contributed by atoms with Crippen molar-refractivity contribution in [2.24, 2.45) is 0 Å². The molecular weight excluding hydrogens is 255 g/mol. The van der Waals surface area contributed by atoms with Crippen LogP contribution in [0.4, 0.5) is 15.8 Å². The molecule has 1 atom stereocenters. The number of benzene rings is 1. The molecule has 1 aromatic carbocycles. The smallest absolute Gasteiger partial charge is 0.272 e. The van der Waals surface area contributed by atoms with E-state index in [-0.39, 0.29) is 11.4 Å². The van der Waals surface area contributed by atoms with Gasteiger partial charge in [0, 0.05) is 32.7 Å². The summed E-state index contributed by atoms with van der Waals surface area (Å²) in [5.74, 6) is -0.653. The van der Waals surface area contributed by atoms with Gasteiger partial charge >= 0.3 is 0 Å². The van der Waals surface area contributed by atoms with Gasteiger partial charge in [0.15, 0.2) is 5.82 Å². The Hall–Kier alpha value is -1.73. The van der Waals surface area contributed by atoms with Crippen LogP contribution in [0.3, 0.4) is 0 Å². The summed E-state index contributed by atoms with van der Waals surface area (Å²) in [6, 6.07) is 3.51. The molecule has 104 valence electrons. The van der Waals surface area contributed by atoms with Gasteiger partial charge in [-0.2, -0.15) is 0 Å². The molecule has 2 rings (SSSR count). The quantitative estimate of drug-likeness (QED) is 0.654. The number of halogens is 1. The minimum atomic E-state index is -0.653. The summed E-state index contributed by atoms with van der Waals surface area (Å²) in [5, 5.41) is 13.4. The van der Waals surface area contributed by atoms with Crippen LogP contribution in [0.15, 0.2) is 18.2 Å². The number of anilines is 1. The van der Waals surface area contributed by atoms with Crippen molar-refractivity contribution in [1.82, 2.24) is 0 Å². The molecule has 0 spiro atoms. The second-order valence-electron chi connectivity index (χ2n) is 4.46. The molecule has 0 aromatic heterocycles. The van der Waals surface area contributed by atoms with Gasteiger partial charge in [0.1, 0.15) is 5.60 Å². The van der Waals surface area contributed by atoms with Crippen LogP contribution >= 0.6 is 0 Å². The van der Waals surface area contributed by atoms with E-state index < -0.39 is 16.3 Å². The lowest BCUT2D eigenvalue weighted by molar-refractivity contribution is -0.385. The molecule has 1 fully saturated rings. The zero-order chi connectivity index (χ0) is 13.9. The summed E-state index contributed by atoms with van der Waals surface area (Å²) in [5.41, 5.74) is -0.517. The summed E-state index contributed by atoms with van der Waals surface area (Å²) in [7, 11) is 1.59. The van der Waals surface area contributed by atoms with Crippen molar-refractivity contribution in [2.45, 2.75) is 12.0 Å². The minimum Gasteiger partial charge on any atom is -0.380 e. The number of hydrogen-bond acceptors (Lipinski definition) is 5. The fourth-order valence-electron chi connectivity index (χ4n) is 1.98. The normalized spacial score (nSPS) is 22.4. The Morgan fingerprint density at radius 1 is 1.63 bits per heavy atom. The fraction of sp³-hybridized carbons (Fsp3) is 0.500. The average molecular weight is 270 g/mol. The lowest BCUT2D eigenvalue weighted by atomic mass is 10.0. The molecule has 1 aliphatic heterocycles. The van der Waals surface area contributed by atoms with Crippen LogP contribution in [0.1, 0.15) is 6.42 Å². The number of ether oxygens (including phenoxy) is 2. The molecule has 0 amide bonds. The van der Waals surface area contributed by atoms with Crippen LogP contribution in [0, 0.1) is 15.9 Å². The first-order valence-electron chi connectivity index (χ1n) is 5.87. The van der Waals surface area contributed by atoms with Gasteiger partial charge < -0.3 is 14.8 Å². The third-order valence-corrected chi connectivity index (χ3v) is 3.26. The van der Waals surface area contributed by atoms with Crippen molar-refractivity contribution in [2.75, 3.05) is 32.2 Å². The first kappa shape index (κ1) is 13.7. The topological polar surface area (TPSA) is 73.6 Å². The second-order valence-corrected chi connectivity index (χ2v) is 4.46. The number of nitrogens with zero attached hydrogens (tertiary/aromatic N) is 1. The predicted octanol–water partition coefficient (Wildman–Crippen LogP) is 1.95. The molecule has 0 saturated carbocycles. The van der Waals surface area contributed by atoms with Gasteiger partial charge in [-0.15, -0.1) is 0 Å². The van der Waals surface area contributed by atoms with Crippen LogP contribution in [0.25, 0.3) is 0 Å². The molecular formula is C12H15FN2O4. The molecule has 19 heavy (non-hydrogen) atoms. The standard InChI is InChI=1S/C12H15FN2O4/c1-18-12(4-5-19-8-12)7-14-11-3-2-9(15(16)17)6-10(11)13/h2-3,6,14H,4-5,7-8H2,1H3. The number of non-ortho nitro benzene ring substituents is 1. The average Bonchev–Trinajstić information content (AvgIpc) is 2.86. The molecule has 1 saturated heterocycles. The van der Waals surface area contributed by atoms with Gasteiger partial charge in [-0.1, -0.05) is 0 Å². The highest BCUT2D eigenvalue weighted by atomic mass is 19.1. The molecule has 1 N–H and O–H groups in total. The first-order chi connectivity index (χ1) is 9.06. The first-order valence-corrected chi connectivity index (χ1v) is 5.87. The molecule has 1 heterocycles. The van der Waals surface area contributed by atoms with Crippen molar-refractivity contribution < 1.29 is 18.8 Å². The zero-order valence-electron chi connectivity index (χ0n) is 10.5. The summed E-state index contributed by atoms with van der Waals surface area (Å²) in [6.07, 6.45) is 0.727. The highest BCUT2D eigenvalue weighted by Gasteiger charge is 2.34. The minimum absolute atomic E-state index is 0.217. The second kappa shape index (κ2) is 5.50. The summed E-state index contributed by atoms with van der Waals surface area (Å²) in [6.45, 7) is 1.45. The van der Waals surface area contributed by atoms with E-state index in [0.717, 1.165) is 12.5 Å². The van der Waals surface area contributed by atoms with Gasteiger partial charge in [-0.3, -0.25) is 10.1 Å². The Morgan fingerprint density at radius 2 is 2.42 bits per heavy atom. The van der Waals surface area contributed by atoms with Crippen LogP contribution in [-0.4, -0.2) is 37.4 Å². The van der Waals surface area contributed by atoms with Crippen LogP contribution < -0.4 is 5.32 Å². The molecule has 1 unspecified atom stereocenters. The maximum Gasteiger partial charge on any atom is 0.272 e. The Bertz CT molecular complexity index is 475. The zero-order valence-corrected chi connectivity index (χ0v) is 10.5. The van der Waals surface area contributed by atoms with E-state index in [9.17, 15) is 14.5 Å². The van der Waals surface area contributed by atoms with Crippen molar-refractivity contribution in [3.63, 3.8) is 0 Å². The van der Waals surface area contributed by atoms with Gasteiger partial charge in [0.2, 0.25) is 0 Å². The Labute approximate surface area is 109 Å². The number of hydrogen-bond donors (Lipinski definition) is 1. The Balaban J connectivity index is 2.05. The summed E-state index contributed by atoms with van der Waals surface area (Å²) < 4.78 is 24.4. The number of nitro benzene ring substituents is 1. The van der Waals surface area contributed by atoms with E-state index in [1.807, 2.05) is 0 Å². The summed E-state index contributed by atoms with van der Waals surface area (Å²) >= 11 is 0. The Kier molecular flexibility index (Phi) is 3.96. The van der Waals surface area contributed by atoms with Crippen molar-refractivity contribution in [3.8, 4) is 0 Å². The number of nitrogens with one attached hydrogen (secondary N) is 1. The van der Waals surface area contributed by atoms with E-state index in [1.165, 1.54) is 12.1 Å². The van der Waals surface area contributed by atoms with Gasteiger partial charge in [-0.05, 0) is 6.07 Å². The number of rotatable bonds is 5. The largest absolute Gasteiger partial charge is 0.380 e. The third kappa shape index (κ3) is 2.99. The van der Waals surface area contributed by atoms with E-state index in [0.29, 0.717) is 19.8 Å². The monoisotopic (exact) mass is 270 g/mol. The van der Waals surface area contributed by atoms with Crippen molar-refractivity contribution >= 4 is 11.4 Å². The van der Waals surface area contributed by atoms with Crippen LogP contribution in [0.2, 0.25) is 0 Å². The van der Waals surface area contributed by atoms with E-state index in [2.05, 4.69) is 5.32 Å². The van der Waals surface area contributed by atoms with Gasteiger partial charge in [-0.25, -0.2) is 4.39 Å². The number of methoxy groups -OCH3 is 1. The molecule has 1 aliphatic rings. The predicted molar refractivity (Wildman–Crippen MR) is 66.7 cm³/mol. The van der Waals surface area contributed by atoms with Gasteiger partial charge in [0.25, 0.3) is 5.69 Å². The van der Waals surface area contributed by atoms with Gasteiger partial charge in [0.05, 0.1) is 23.3 Å². The maximum absolute atomic E-state index is 13.7.